The molecule has 8 heteroatoms. The number of carbonyl (C=O) groups excluding carboxylic acids is 1. The largest absolute Gasteiger partial charge is 0.462 e. The van der Waals surface area contributed by atoms with Gasteiger partial charge in [0.2, 0.25) is 10.0 Å². The monoisotopic (exact) mass is 431 g/mol. The van der Waals surface area contributed by atoms with Gasteiger partial charge in [0, 0.05) is 10.2 Å². The zero-order chi connectivity index (χ0) is 17.7. The summed E-state index contributed by atoms with van der Waals surface area (Å²) in [4.78, 5) is 11.8. The van der Waals surface area contributed by atoms with Crippen LogP contribution in [-0.4, -0.2) is 21.0 Å². The van der Waals surface area contributed by atoms with E-state index in [9.17, 15) is 13.2 Å². The van der Waals surface area contributed by atoms with Gasteiger partial charge in [-0.1, -0.05) is 39.7 Å². The van der Waals surface area contributed by atoms with Gasteiger partial charge in [-0.15, -0.1) is 0 Å². The molecule has 0 unspecified atom stereocenters. The molecule has 2 aromatic rings. The molecule has 0 fully saturated rings. The van der Waals surface area contributed by atoms with Crippen LogP contribution >= 0.6 is 27.5 Å². The van der Waals surface area contributed by atoms with Gasteiger partial charge in [-0.25, -0.2) is 13.2 Å². The van der Waals surface area contributed by atoms with Crippen LogP contribution in [0.3, 0.4) is 0 Å². The van der Waals surface area contributed by atoms with Crippen molar-refractivity contribution >= 4 is 49.2 Å². The van der Waals surface area contributed by atoms with Gasteiger partial charge in [0.1, 0.15) is 0 Å². The number of hydrogen-bond acceptors (Lipinski definition) is 4. The molecule has 0 aliphatic rings. The summed E-state index contributed by atoms with van der Waals surface area (Å²) < 4.78 is 32.8. The molecule has 0 radical (unpaired) electrons. The normalized spacial score (nSPS) is 11.1. The van der Waals surface area contributed by atoms with E-state index < -0.39 is 16.0 Å². The van der Waals surface area contributed by atoms with Crippen LogP contribution < -0.4 is 4.72 Å². The Morgan fingerprint density at radius 2 is 1.88 bits per heavy atom. The Balaban J connectivity index is 2.18. The summed E-state index contributed by atoms with van der Waals surface area (Å²) in [6, 6.07) is 11.3. The smallest absolute Gasteiger partial charge is 0.339 e. The number of sulfonamides is 1. The van der Waals surface area contributed by atoms with Gasteiger partial charge >= 0.3 is 5.97 Å². The van der Waals surface area contributed by atoms with Crippen LogP contribution in [0, 0.1) is 0 Å². The minimum atomic E-state index is -3.63. The van der Waals surface area contributed by atoms with Crippen molar-refractivity contribution in [2.45, 2.75) is 12.7 Å². The zero-order valence-electron chi connectivity index (χ0n) is 12.8. The van der Waals surface area contributed by atoms with Crippen LogP contribution in [0.25, 0.3) is 0 Å². The van der Waals surface area contributed by atoms with Crippen molar-refractivity contribution in [1.82, 2.24) is 0 Å². The first kappa shape index (κ1) is 18.8. The standard InChI is InChI=1S/C16H15BrClNO4S/c1-2-23-16(20)14-9-13(7-8-15(14)18)19-24(21,22)10-11-3-5-12(17)6-4-11/h3-9,19H,2,10H2,1H3. The van der Waals surface area contributed by atoms with E-state index in [-0.39, 0.29) is 28.6 Å². The van der Waals surface area contributed by atoms with E-state index in [0.717, 1.165) is 4.47 Å². The van der Waals surface area contributed by atoms with Crippen molar-refractivity contribution in [2.75, 3.05) is 11.3 Å². The van der Waals surface area contributed by atoms with E-state index in [1.54, 1.807) is 31.2 Å². The summed E-state index contributed by atoms with van der Waals surface area (Å²) >= 11 is 9.26. The summed E-state index contributed by atoms with van der Waals surface area (Å²) in [6.07, 6.45) is 0. The van der Waals surface area contributed by atoms with E-state index in [1.165, 1.54) is 18.2 Å². The highest BCUT2D eigenvalue weighted by Gasteiger charge is 2.16. The Hall–Kier alpha value is -1.57. The minimum absolute atomic E-state index is 0.113. The molecule has 24 heavy (non-hydrogen) atoms. The number of rotatable bonds is 6. The van der Waals surface area contributed by atoms with Gasteiger partial charge < -0.3 is 4.74 Å². The third kappa shape index (κ3) is 5.22. The summed E-state index contributed by atoms with van der Waals surface area (Å²) in [5.41, 5.74) is 1.01. The lowest BCUT2D eigenvalue weighted by atomic mass is 10.2. The second-order valence-corrected chi connectivity index (χ2v) is 7.95. The van der Waals surface area contributed by atoms with Crippen molar-refractivity contribution in [3.05, 3.63) is 63.1 Å². The fraction of sp³-hybridized carbons (Fsp3) is 0.188. The summed E-state index contributed by atoms with van der Waals surface area (Å²) in [6.45, 7) is 1.88. The Morgan fingerprint density at radius 1 is 1.21 bits per heavy atom. The van der Waals surface area contributed by atoms with Crippen LogP contribution in [0.2, 0.25) is 5.02 Å². The topological polar surface area (TPSA) is 72.5 Å². The van der Waals surface area contributed by atoms with E-state index in [2.05, 4.69) is 20.7 Å². The molecule has 0 amide bonds. The molecule has 2 rings (SSSR count). The number of esters is 1. The molecule has 0 heterocycles. The molecule has 1 N–H and O–H groups in total. The highest BCUT2D eigenvalue weighted by Crippen LogP contribution is 2.23. The van der Waals surface area contributed by atoms with Gasteiger partial charge in [-0.2, -0.15) is 0 Å². The maximum atomic E-state index is 12.3. The third-order valence-corrected chi connectivity index (χ3v) is 5.12. The molecule has 0 saturated heterocycles. The fourth-order valence-corrected chi connectivity index (χ4v) is 3.62. The summed E-state index contributed by atoms with van der Waals surface area (Å²) in [5, 5.41) is 0.198. The molecule has 0 bridgehead atoms. The summed E-state index contributed by atoms with van der Waals surface area (Å²) in [5.74, 6) is -0.783. The van der Waals surface area contributed by atoms with Gasteiger partial charge in [0.25, 0.3) is 0 Å². The third-order valence-electron chi connectivity index (χ3n) is 3.01. The van der Waals surface area contributed by atoms with Crippen molar-refractivity contribution in [1.29, 1.82) is 0 Å². The maximum Gasteiger partial charge on any atom is 0.339 e. The Kier molecular flexibility index (Phi) is 6.26. The molecule has 0 spiro atoms. The number of benzene rings is 2. The van der Waals surface area contributed by atoms with E-state index in [0.29, 0.717) is 5.56 Å². The van der Waals surface area contributed by atoms with E-state index >= 15 is 0 Å². The summed E-state index contributed by atoms with van der Waals surface area (Å²) in [7, 11) is -3.63. The first-order valence-corrected chi connectivity index (χ1v) is 9.84. The van der Waals surface area contributed by atoms with Crippen molar-refractivity contribution in [3.8, 4) is 0 Å². The first-order chi connectivity index (χ1) is 11.3. The number of ether oxygens (including phenoxy) is 1. The Labute approximate surface area is 154 Å². The number of halogens is 2. The maximum absolute atomic E-state index is 12.3. The van der Waals surface area contributed by atoms with Gasteiger partial charge in [0.05, 0.1) is 22.9 Å². The fourth-order valence-electron chi connectivity index (χ4n) is 1.97. The highest BCUT2D eigenvalue weighted by atomic mass is 79.9. The minimum Gasteiger partial charge on any atom is -0.462 e. The zero-order valence-corrected chi connectivity index (χ0v) is 15.9. The first-order valence-electron chi connectivity index (χ1n) is 7.02. The molecule has 128 valence electrons. The molecular weight excluding hydrogens is 418 g/mol. The lowest BCUT2D eigenvalue weighted by molar-refractivity contribution is 0.0526. The van der Waals surface area contributed by atoms with Crippen molar-refractivity contribution in [2.24, 2.45) is 0 Å². The van der Waals surface area contributed by atoms with Crippen LogP contribution in [0.5, 0.6) is 0 Å². The Morgan fingerprint density at radius 3 is 2.50 bits per heavy atom. The second kappa shape index (κ2) is 8.00. The molecule has 0 saturated carbocycles. The lowest BCUT2D eigenvalue weighted by Gasteiger charge is -2.10. The molecule has 0 atom stereocenters. The van der Waals surface area contributed by atoms with Gasteiger partial charge in [-0.3, -0.25) is 4.72 Å². The predicted octanol–water partition coefficient (Wildman–Crippen LogP) is 4.22. The average Bonchev–Trinajstić information content (AvgIpc) is 2.51. The van der Waals surface area contributed by atoms with E-state index in [4.69, 9.17) is 16.3 Å². The van der Waals surface area contributed by atoms with Gasteiger partial charge in [-0.05, 0) is 42.8 Å². The highest BCUT2D eigenvalue weighted by molar-refractivity contribution is 9.10. The number of hydrogen-bond donors (Lipinski definition) is 1. The molecular formula is C16H15BrClNO4S. The van der Waals surface area contributed by atoms with E-state index in [1.807, 2.05) is 0 Å². The molecule has 0 aromatic heterocycles. The SMILES string of the molecule is CCOC(=O)c1cc(NS(=O)(=O)Cc2ccc(Br)cc2)ccc1Cl. The lowest BCUT2D eigenvalue weighted by Crippen LogP contribution is -2.15. The quantitative estimate of drug-likeness (QED) is 0.694. The van der Waals surface area contributed by atoms with Crippen LogP contribution in [-0.2, 0) is 20.5 Å². The van der Waals surface area contributed by atoms with Crippen molar-refractivity contribution in [3.63, 3.8) is 0 Å². The number of anilines is 1. The average molecular weight is 433 g/mol. The predicted molar refractivity (Wildman–Crippen MR) is 97.8 cm³/mol. The van der Waals surface area contributed by atoms with Crippen molar-refractivity contribution < 1.29 is 17.9 Å². The van der Waals surface area contributed by atoms with Crippen LogP contribution in [0.4, 0.5) is 5.69 Å². The molecule has 0 aliphatic heterocycles. The molecule has 5 nitrogen and oxygen atoms in total. The molecule has 0 aliphatic carbocycles. The van der Waals surface area contributed by atoms with Crippen LogP contribution in [0.15, 0.2) is 46.9 Å². The second-order valence-electron chi connectivity index (χ2n) is 4.90. The Bertz CT molecular complexity index is 838. The van der Waals surface area contributed by atoms with Gasteiger partial charge in [0.15, 0.2) is 0 Å². The molecule has 2 aromatic carbocycles. The number of carbonyl (C=O) groups is 1. The number of nitrogens with one attached hydrogen (secondary N) is 1. The van der Waals surface area contributed by atoms with Crippen LogP contribution in [0.1, 0.15) is 22.8 Å².